The fourth-order valence-electron chi connectivity index (χ4n) is 0.593. The lowest BCUT2D eigenvalue weighted by Gasteiger charge is -2.08. The quantitative estimate of drug-likeness (QED) is 0.619. The molecule has 5 heteroatoms. The monoisotopic (exact) mass is 153 g/mol. The van der Waals surface area contributed by atoms with Gasteiger partial charge in [-0.2, -0.15) is 5.10 Å². The topological polar surface area (TPSA) is 76.7 Å². The van der Waals surface area contributed by atoms with Crippen LogP contribution in [0.2, 0.25) is 0 Å². The Kier molecular flexibility index (Phi) is 2.74. The van der Waals surface area contributed by atoms with Gasteiger partial charge in [-0.3, -0.25) is 0 Å². The number of nitrogens with zero attached hydrogens (tertiary/aromatic N) is 3. The van der Waals surface area contributed by atoms with Gasteiger partial charge >= 0.3 is 0 Å². The van der Waals surface area contributed by atoms with Gasteiger partial charge < -0.3 is 11.1 Å². The van der Waals surface area contributed by atoms with Gasteiger partial charge in [0.1, 0.15) is 0 Å². The highest BCUT2D eigenvalue weighted by atomic mass is 15.2. The second-order valence-corrected chi connectivity index (χ2v) is 2.25. The molecule has 0 fully saturated rings. The Morgan fingerprint density at radius 3 is 3.00 bits per heavy atom. The maximum Gasteiger partial charge on any atom is 0.242 e. The Labute approximate surface area is 65.0 Å². The van der Waals surface area contributed by atoms with Crippen LogP contribution in [0, 0.1) is 0 Å². The van der Waals surface area contributed by atoms with E-state index in [2.05, 4.69) is 20.5 Å². The molecule has 1 unspecified atom stereocenters. The summed E-state index contributed by atoms with van der Waals surface area (Å²) in [4.78, 5) is 3.93. The molecule has 5 nitrogen and oxygen atoms in total. The first kappa shape index (κ1) is 7.87. The van der Waals surface area contributed by atoms with Crippen LogP contribution in [0.15, 0.2) is 12.4 Å². The van der Waals surface area contributed by atoms with Crippen LogP contribution in [0.25, 0.3) is 0 Å². The number of hydrogen-bond donors (Lipinski definition) is 2. The molecular weight excluding hydrogens is 142 g/mol. The van der Waals surface area contributed by atoms with Gasteiger partial charge in [-0.25, -0.2) is 4.98 Å². The van der Waals surface area contributed by atoms with Crippen LogP contribution in [-0.2, 0) is 0 Å². The molecule has 3 N–H and O–H groups in total. The van der Waals surface area contributed by atoms with Crippen LogP contribution in [-0.4, -0.2) is 27.8 Å². The average Bonchev–Trinajstić information content (AvgIpc) is 2.06. The van der Waals surface area contributed by atoms with Crippen molar-refractivity contribution in [3.8, 4) is 0 Å². The Balaban J connectivity index is 2.51. The summed E-state index contributed by atoms with van der Waals surface area (Å²) in [7, 11) is 0. The molecular formula is C6H11N5. The first-order chi connectivity index (χ1) is 5.33. The van der Waals surface area contributed by atoms with Gasteiger partial charge in [0, 0.05) is 12.6 Å². The molecule has 1 aromatic heterocycles. The molecule has 0 aliphatic carbocycles. The average molecular weight is 153 g/mol. The van der Waals surface area contributed by atoms with E-state index >= 15 is 0 Å². The molecule has 0 spiro atoms. The summed E-state index contributed by atoms with van der Waals surface area (Å²) in [6, 6.07) is 0.180. The van der Waals surface area contributed by atoms with E-state index in [0.717, 1.165) is 0 Å². The minimum atomic E-state index is 0.180. The van der Waals surface area contributed by atoms with E-state index in [9.17, 15) is 0 Å². The second-order valence-electron chi connectivity index (χ2n) is 2.25. The first-order valence-electron chi connectivity index (χ1n) is 3.43. The van der Waals surface area contributed by atoms with E-state index in [1.54, 1.807) is 6.20 Å². The third kappa shape index (κ3) is 2.46. The summed E-state index contributed by atoms with van der Waals surface area (Å²) in [6.07, 6.45) is 3.11. The zero-order chi connectivity index (χ0) is 8.10. The summed E-state index contributed by atoms with van der Waals surface area (Å²) < 4.78 is 0. The van der Waals surface area contributed by atoms with E-state index in [0.29, 0.717) is 12.5 Å². The fraction of sp³-hybridized carbons (Fsp3) is 0.500. The summed E-state index contributed by atoms with van der Waals surface area (Å²) in [6.45, 7) is 2.51. The highest BCUT2D eigenvalue weighted by Crippen LogP contribution is 1.93. The third-order valence-corrected chi connectivity index (χ3v) is 1.21. The Bertz CT molecular complexity index is 199. The van der Waals surface area contributed by atoms with Gasteiger partial charge in [0.2, 0.25) is 5.95 Å². The van der Waals surface area contributed by atoms with Crippen molar-refractivity contribution >= 4 is 5.95 Å². The van der Waals surface area contributed by atoms with Gasteiger partial charge in [-0.1, -0.05) is 0 Å². The SMILES string of the molecule is CC(CN)Nc1nccnn1. The van der Waals surface area contributed by atoms with E-state index < -0.39 is 0 Å². The van der Waals surface area contributed by atoms with Crippen LogP contribution in [0.1, 0.15) is 6.92 Å². The van der Waals surface area contributed by atoms with E-state index in [1.807, 2.05) is 6.92 Å². The third-order valence-electron chi connectivity index (χ3n) is 1.21. The lowest BCUT2D eigenvalue weighted by molar-refractivity contribution is 0.781. The Hall–Kier alpha value is -1.23. The minimum Gasteiger partial charge on any atom is -0.349 e. The van der Waals surface area contributed by atoms with Crippen LogP contribution in [0.5, 0.6) is 0 Å². The molecule has 1 aromatic rings. The van der Waals surface area contributed by atoms with Crippen molar-refractivity contribution in [3.63, 3.8) is 0 Å². The molecule has 0 saturated heterocycles. The predicted octanol–water partition coefficient (Wildman–Crippen LogP) is -0.369. The van der Waals surface area contributed by atoms with Gasteiger partial charge in [-0.05, 0) is 6.92 Å². The van der Waals surface area contributed by atoms with Gasteiger partial charge in [-0.15, -0.1) is 5.10 Å². The number of anilines is 1. The van der Waals surface area contributed by atoms with E-state index in [-0.39, 0.29) is 6.04 Å². The normalized spacial score (nSPS) is 12.5. The second kappa shape index (κ2) is 3.82. The van der Waals surface area contributed by atoms with Crippen molar-refractivity contribution in [2.24, 2.45) is 5.73 Å². The lowest BCUT2D eigenvalue weighted by Crippen LogP contribution is -2.26. The van der Waals surface area contributed by atoms with Gasteiger partial charge in [0.25, 0.3) is 0 Å². The summed E-state index contributed by atoms with van der Waals surface area (Å²) >= 11 is 0. The first-order valence-corrected chi connectivity index (χ1v) is 3.43. The molecule has 0 aliphatic heterocycles. The summed E-state index contributed by atoms with van der Waals surface area (Å²) in [5.74, 6) is 0.519. The minimum absolute atomic E-state index is 0.180. The number of nitrogens with one attached hydrogen (secondary N) is 1. The molecule has 1 rings (SSSR count). The maximum atomic E-state index is 5.38. The van der Waals surface area contributed by atoms with Crippen molar-refractivity contribution in [3.05, 3.63) is 12.4 Å². The number of rotatable bonds is 3. The standard InChI is InChI=1S/C6H11N5/c1-5(4-7)10-6-8-2-3-9-11-6/h2-3,5H,4,7H2,1H3,(H,8,10,11). The number of hydrogen-bond acceptors (Lipinski definition) is 5. The number of aromatic nitrogens is 3. The Morgan fingerprint density at radius 2 is 2.45 bits per heavy atom. The van der Waals surface area contributed by atoms with Gasteiger partial charge in [0.05, 0.1) is 12.4 Å². The molecule has 0 bridgehead atoms. The molecule has 0 aromatic carbocycles. The molecule has 0 aliphatic rings. The van der Waals surface area contributed by atoms with Crippen LogP contribution < -0.4 is 11.1 Å². The molecule has 0 amide bonds. The van der Waals surface area contributed by atoms with E-state index in [4.69, 9.17) is 5.73 Å². The number of nitrogens with two attached hydrogens (primary N) is 1. The van der Waals surface area contributed by atoms with Crippen molar-refractivity contribution < 1.29 is 0 Å². The molecule has 0 radical (unpaired) electrons. The van der Waals surface area contributed by atoms with Crippen molar-refractivity contribution in [2.75, 3.05) is 11.9 Å². The van der Waals surface area contributed by atoms with E-state index in [1.165, 1.54) is 6.20 Å². The summed E-state index contributed by atoms with van der Waals surface area (Å²) in [5, 5.41) is 10.4. The zero-order valence-corrected chi connectivity index (χ0v) is 6.36. The zero-order valence-electron chi connectivity index (χ0n) is 6.36. The van der Waals surface area contributed by atoms with Crippen LogP contribution >= 0.6 is 0 Å². The molecule has 11 heavy (non-hydrogen) atoms. The lowest BCUT2D eigenvalue weighted by atomic mass is 10.3. The Morgan fingerprint density at radius 1 is 1.64 bits per heavy atom. The molecule has 1 heterocycles. The van der Waals surface area contributed by atoms with Crippen molar-refractivity contribution in [1.29, 1.82) is 0 Å². The fourth-order valence-corrected chi connectivity index (χ4v) is 0.593. The van der Waals surface area contributed by atoms with Crippen LogP contribution in [0.3, 0.4) is 0 Å². The van der Waals surface area contributed by atoms with Crippen LogP contribution in [0.4, 0.5) is 5.95 Å². The highest BCUT2D eigenvalue weighted by Gasteiger charge is 1.99. The van der Waals surface area contributed by atoms with Crippen molar-refractivity contribution in [2.45, 2.75) is 13.0 Å². The molecule has 0 saturated carbocycles. The largest absolute Gasteiger partial charge is 0.349 e. The molecule has 60 valence electrons. The van der Waals surface area contributed by atoms with Gasteiger partial charge in [0.15, 0.2) is 0 Å². The van der Waals surface area contributed by atoms with Crippen molar-refractivity contribution in [1.82, 2.24) is 15.2 Å². The maximum absolute atomic E-state index is 5.38. The predicted molar refractivity (Wildman–Crippen MR) is 42.0 cm³/mol. The molecule has 1 atom stereocenters. The summed E-state index contributed by atoms with van der Waals surface area (Å²) in [5.41, 5.74) is 5.38. The smallest absolute Gasteiger partial charge is 0.242 e. The highest BCUT2D eigenvalue weighted by molar-refractivity contribution is 5.21.